The van der Waals surface area contributed by atoms with Crippen molar-refractivity contribution in [3.8, 4) is 0 Å². The van der Waals surface area contributed by atoms with Crippen molar-refractivity contribution in [2.24, 2.45) is 23.5 Å². The molecule has 0 saturated carbocycles. The molecule has 86 heavy (non-hydrogen) atoms. The molecular weight excluding hydrogens is 1150 g/mol. The molecule has 0 aromatic carbocycles. The molecule has 0 aliphatic rings. The molecule has 0 aromatic heterocycles. The van der Waals surface area contributed by atoms with Crippen LogP contribution in [0, 0.1) is 17.8 Å². The number of unbranched alkanes of at least 4 members (excludes halogenated alkanes) is 9. The molecular formula is C57H97N5O23S. The number of thioether (sulfide) groups is 1. The lowest BCUT2D eigenvalue weighted by Crippen LogP contribution is -2.44. The predicted octanol–water partition coefficient (Wildman–Crippen LogP) is 2.48. The summed E-state index contributed by atoms with van der Waals surface area (Å²) in [7, 11) is 0. The monoisotopic (exact) mass is 1250 g/mol. The first-order valence-corrected chi connectivity index (χ1v) is 30.6. The lowest BCUT2D eigenvalue weighted by molar-refractivity contribution is -0.145. The van der Waals surface area contributed by atoms with Crippen LogP contribution in [-0.2, 0) is 81.3 Å². The van der Waals surface area contributed by atoms with Gasteiger partial charge in [-0.1, -0.05) is 58.3 Å². The van der Waals surface area contributed by atoms with Gasteiger partial charge < -0.3 is 76.6 Å². The summed E-state index contributed by atoms with van der Waals surface area (Å²) in [4.78, 5) is 153. The quantitative estimate of drug-likeness (QED) is 0.0390. The highest BCUT2D eigenvalue weighted by Gasteiger charge is 2.27. The number of nitrogens with two attached hydrogens (primary N) is 1. The van der Waals surface area contributed by atoms with Crippen molar-refractivity contribution in [3.63, 3.8) is 0 Å². The fourth-order valence-corrected chi connectivity index (χ4v) is 8.87. The lowest BCUT2D eigenvalue weighted by atomic mass is 9.94. The van der Waals surface area contributed by atoms with E-state index in [2.05, 4.69) is 21.3 Å². The van der Waals surface area contributed by atoms with Gasteiger partial charge in [-0.2, -0.15) is 11.8 Å². The van der Waals surface area contributed by atoms with Crippen molar-refractivity contribution >= 4 is 88.4 Å². The molecule has 0 bridgehead atoms. The molecule has 4 amide bonds. The maximum atomic E-state index is 12.5. The first-order valence-electron chi connectivity index (χ1n) is 29.4. The van der Waals surface area contributed by atoms with Crippen LogP contribution < -0.4 is 27.0 Å². The molecule has 0 aromatic rings. The standard InChI is InChI=1S/C53H88N4O22S.C4H9NO/c1-2-37(44(61)31-39(32-58)51(70)71)35-80-36-40(59)15-11-9-10-14-38(50(68)69)30-41(60)33-78-28-26-77-25-23-55-48(65)34-79-29-27-76-24-22-54-45(62)20-18-42(52(72)73)57-47(64)21-19-43(53(74)75)56-46(63)16-12-7-5-3-4-6-8-13-17-49(66)67;1-3(5)4(2)6/h37-39,42-43,58H,2-36H2,1H3,(H,54,62)(H,55,65)(H,56,63)(H,57,64)(H,66,67)(H,68,69)(H,70,71)(H,72,73)(H,74,75);3H,5H2,1-2H3/t37-,38+,39-,42+,43-;3-/m00/s1. The number of ketones is 4. The van der Waals surface area contributed by atoms with E-state index in [0.717, 1.165) is 38.5 Å². The number of aliphatic hydroxyl groups is 1. The largest absolute Gasteiger partial charge is 0.481 e. The summed E-state index contributed by atoms with van der Waals surface area (Å²) in [6, 6.07) is -3.07. The molecule has 0 rings (SSSR count). The third kappa shape index (κ3) is 49.2. The van der Waals surface area contributed by atoms with E-state index in [0.29, 0.717) is 44.3 Å². The van der Waals surface area contributed by atoms with Gasteiger partial charge in [0.25, 0.3) is 0 Å². The van der Waals surface area contributed by atoms with Gasteiger partial charge in [0.2, 0.25) is 23.6 Å². The Labute approximate surface area is 507 Å². The van der Waals surface area contributed by atoms with Crippen LogP contribution in [0.2, 0.25) is 0 Å². The van der Waals surface area contributed by atoms with Crippen LogP contribution in [0.3, 0.4) is 0 Å². The zero-order valence-electron chi connectivity index (χ0n) is 50.3. The van der Waals surface area contributed by atoms with E-state index in [4.69, 9.17) is 34.9 Å². The number of aliphatic hydroxyl groups excluding tert-OH is 1. The Morgan fingerprint density at radius 1 is 0.477 bits per heavy atom. The van der Waals surface area contributed by atoms with Gasteiger partial charge in [0, 0.05) is 69.7 Å². The van der Waals surface area contributed by atoms with E-state index >= 15 is 0 Å². The van der Waals surface area contributed by atoms with E-state index < -0.39 is 89.9 Å². The Hall–Kier alpha value is -5.98. The molecule has 0 aliphatic carbocycles. The maximum absolute atomic E-state index is 12.5. The average molecular weight is 1250 g/mol. The minimum Gasteiger partial charge on any atom is -0.481 e. The van der Waals surface area contributed by atoms with Gasteiger partial charge in [0.05, 0.1) is 69.9 Å². The zero-order chi connectivity index (χ0) is 65.1. The smallest absolute Gasteiger partial charge is 0.326 e. The van der Waals surface area contributed by atoms with E-state index in [1.807, 2.05) is 0 Å². The van der Waals surface area contributed by atoms with Gasteiger partial charge in [-0.15, -0.1) is 0 Å². The highest BCUT2D eigenvalue weighted by Crippen LogP contribution is 2.20. The number of ether oxygens (including phenoxy) is 4. The molecule has 0 saturated heterocycles. The van der Waals surface area contributed by atoms with Gasteiger partial charge in [0.1, 0.15) is 42.6 Å². The molecule has 6 atom stereocenters. The van der Waals surface area contributed by atoms with Crippen LogP contribution in [0.5, 0.6) is 0 Å². The minimum absolute atomic E-state index is 0.0211. The van der Waals surface area contributed by atoms with Gasteiger partial charge >= 0.3 is 29.8 Å². The number of carbonyl (C=O) groups is 13. The van der Waals surface area contributed by atoms with Crippen LogP contribution in [0.4, 0.5) is 0 Å². The van der Waals surface area contributed by atoms with Crippen molar-refractivity contribution in [3.05, 3.63) is 0 Å². The van der Waals surface area contributed by atoms with E-state index in [9.17, 15) is 82.8 Å². The second-order valence-corrected chi connectivity index (χ2v) is 21.6. The van der Waals surface area contributed by atoms with Crippen molar-refractivity contribution in [1.82, 2.24) is 21.3 Å². The number of amides is 4. The lowest BCUT2D eigenvalue weighted by Gasteiger charge is -2.17. The van der Waals surface area contributed by atoms with E-state index in [-0.39, 0.29) is 165 Å². The van der Waals surface area contributed by atoms with Crippen LogP contribution in [0.1, 0.15) is 162 Å². The minimum atomic E-state index is -1.43. The van der Waals surface area contributed by atoms with Gasteiger partial charge in [0.15, 0.2) is 5.78 Å². The first-order chi connectivity index (χ1) is 40.8. The van der Waals surface area contributed by atoms with Gasteiger partial charge in [-0.05, 0) is 58.8 Å². The number of Topliss-reactive ketones (excluding diaryl/α,β-unsaturated/α-hetero) is 4. The Morgan fingerprint density at radius 3 is 1.42 bits per heavy atom. The Bertz CT molecular complexity index is 2050. The Morgan fingerprint density at radius 2 is 0.930 bits per heavy atom. The molecule has 0 unspecified atom stereocenters. The Kier molecular flexibility index (Phi) is 50.8. The van der Waals surface area contributed by atoms with Crippen molar-refractivity contribution < 1.29 is 112 Å². The van der Waals surface area contributed by atoms with Crippen LogP contribution in [0.25, 0.3) is 0 Å². The molecule has 0 spiro atoms. The first kappa shape index (κ1) is 82.1. The molecule has 494 valence electrons. The van der Waals surface area contributed by atoms with E-state index in [1.54, 1.807) is 13.8 Å². The number of carboxylic acids is 5. The highest BCUT2D eigenvalue weighted by molar-refractivity contribution is 7.99. The normalized spacial score (nSPS) is 13.0. The summed E-state index contributed by atoms with van der Waals surface area (Å²) in [6.07, 6.45) is 7.79. The molecule has 0 radical (unpaired) electrons. The molecule has 29 heteroatoms. The number of rotatable bonds is 57. The molecule has 0 heterocycles. The second-order valence-electron chi connectivity index (χ2n) is 20.6. The summed E-state index contributed by atoms with van der Waals surface area (Å²) in [5, 5.41) is 65.4. The predicted molar refractivity (Wildman–Crippen MR) is 313 cm³/mol. The fourth-order valence-electron chi connectivity index (χ4n) is 7.68. The van der Waals surface area contributed by atoms with Crippen LogP contribution in [-0.4, -0.2) is 209 Å². The number of nitrogens with one attached hydrogen (secondary N) is 4. The Balaban J connectivity index is 0. The maximum Gasteiger partial charge on any atom is 0.326 e. The van der Waals surface area contributed by atoms with Gasteiger partial charge in [-0.25, -0.2) is 9.59 Å². The number of carbonyl (C=O) groups excluding carboxylic acids is 8. The number of hydrogen-bond acceptors (Lipinski definition) is 20. The molecule has 0 aliphatic heterocycles. The summed E-state index contributed by atoms with van der Waals surface area (Å²) in [5.41, 5.74) is 5.09. The second kappa shape index (κ2) is 53.3. The number of hydrogen-bond donors (Lipinski definition) is 11. The van der Waals surface area contributed by atoms with Crippen molar-refractivity contribution in [2.75, 3.05) is 84.1 Å². The summed E-state index contributed by atoms with van der Waals surface area (Å²) in [6.45, 7) is 4.55. The van der Waals surface area contributed by atoms with Crippen LogP contribution >= 0.6 is 11.8 Å². The number of carboxylic acid groups (broad SMARTS) is 5. The summed E-state index contributed by atoms with van der Waals surface area (Å²) < 4.78 is 21.3. The third-order valence-electron chi connectivity index (χ3n) is 13.0. The van der Waals surface area contributed by atoms with E-state index in [1.165, 1.54) is 18.7 Å². The zero-order valence-corrected chi connectivity index (χ0v) is 51.1. The molecule has 0 fully saturated rings. The van der Waals surface area contributed by atoms with Gasteiger partial charge in [-0.3, -0.25) is 52.7 Å². The average Bonchev–Trinajstić information content (AvgIpc) is 3.55. The topological polar surface area (TPSA) is 454 Å². The fraction of sp³-hybridized carbons (Fsp3) is 0.772. The number of aliphatic carboxylic acids is 5. The molecule has 28 nitrogen and oxygen atoms in total. The highest BCUT2D eigenvalue weighted by atomic mass is 32.2. The summed E-state index contributed by atoms with van der Waals surface area (Å²) in [5.74, 6) is -10.6. The molecule has 12 N–H and O–H groups in total. The summed E-state index contributed by atoms with van der Waals surface area (Å²) >= 11 is 1.30. The third-order valence-corrected chi connectivity index (χ3v) is 14.2. The van der Waals surface area contributed by atoms with Crippen molar-refractivity contribution in [2.45, 2.75) is 180 Å². The van der Waals surface area contributed by atoms with Crippen LogP contribution in [0.15, 0.2) is 0 Å². The van der Waals surface area contributed by atoms with Crippen molar-refractivity contribution in [1.29, 1.82) is 0 Å². The SMILES string of the molecule is CC(=O)[C@H](C)N.CC[C@@H](CSCC(=O)CCCCC[C@H](CC(=O)COCCOCCNC(=O)COCCOCCNC(=O)CC[C@@H](NC(=O)CC[C@H](NC(=O)CCCCCCCCCCC(=O)O)C(=O)O)C(=O)O)C(=O)O)C(=O)C[C@@H](CO)C(=O)O.